The minimum Gasteiger partial charge on any atom is -0.389 e. The standard InChI is InChI=1S/C15H23N3S/c1-11-9-10-13(14(16)19)15(17-11)18(2)12-7-5-3-4-6-8-12/h9-10,12H,3-8H2,1-2H3,(H2,16,19). The first-order chi connectivity index (χ1) is 9.09. The molecule has 0 saturated heterocycles. The van der Waals surface area contributed by atoms with Gasteiger partial charge in [0, 0.05) is 18.8 Å². The lowest BCUT2D eigenvalue weighted by molar-refractivity contribution is 0.549. The lowest BCUT2D eigenvalue weighted by atomic mass is 10.1. The van der Waals surface area contributed by atoms with E-state index in [2.05, 4.69) is 16.9 Å². The van der Waals surface area contributed by atoms with Gasteiger partial charge in [-0.25, -0.2) is 4.98 Å². The highest BCUT2D eigenvalue weighted by Gasteiger charge is 2.21. The number of aryl methyl sites for hydroxylation is 1. The second-order valence-corrected chi connectivity index (χ2v) is 5.88. The van der Waals surface area contributed by atoms with Crippen molar-refractivity contribution < 1.29 is 0 Å². The van der Waals surface area contributed by atoms with Crippen molar-refractivity contribution in [2.45, 2.75) is 51.5 Å². The summed E-state index contributed by atoms with van der Waals surface area (Å²) in [4.78, 5) is 7.38. The molecule has 4 heteroatoms. The van der Waals surface area contributed by atoms with Crippen LogP contribution in [-0.2, 0) is 0 Å². The van der Waals surface area contributed by atoms with Gasteiger partial charge in [-0.15, -0.1) is 0 Å². The third-order valence-electron chi connectivity index (χ3n) is 3.99. The molecule has 0 aliphatic heterocycles. The molecule has 2 rings (SSSR count). The summed E-state index contributed by atoms with van der Waals surface area (Å²) in [5.74, 6) is 0.944. The van der Waals surface area contributed by atoms with E-state index in [-0.39, 0.29) is 0 Å². The Morgan fingerprint density at radius 2 is 1.89 bits per heavy atom. The highest BCUT2D eigenvalue weighted by molar-refractivity contribution is 7.80. The van der Waals surface area contributed by atoms with E-state index in [1.54, 1.807) is 0 Å². The van der Waals surface area contributed by atoms with Crippen LogP contribution in [-0.4, -0.2) is 23.1 Å². The fourth-order valence-electron chi connectivity index (χ4n) is 2.82. The number of nitrogens with two attached hydrogens (primary N) is 1. The van der Waals surface area contributed by atoms with Crippen LogP contribution in [0.1, 0.15) is 49.8 Å². The van der Waals surface area contributed by atoms with Gasteiger partial charge in [-0.3, -0.25) is 0 Å². The Morgan fingerprint density at radius 1 is 1.26 bits per heavy atom. The molecule has 2 N–H and O–H groups in total. The molecule has 1 aliphatic carbocycles. The molecule has 104 valence electrons. The number of rotatable bonds is 3. The molecule has 1 heterocycles. The van der Waals surface area contributed by atoms with Crippen molar-refractivity contribution in [1.82, 2.24) is 4.98 Å². The summed E-state index contributed by atoms with van der Waals surface area (Å²) >= 11 is 5.15. The second kappa shape index (κ2) is 6.33. The molecule has 1 fully saturated rings. The summed E-state index contributed by atoms with van der Waals surface area (Å²) in [7, 11) is 2.12. The van der Waals surface area contributed by atoms with Gasteiger partial charge in [0.25, 0.3) is 0 Å². The van der Waals surface area contributed by atoms with Gasteiger partial charge in [-0.2, -0.15) is 0 Å². The largest absolute Gasteiger partial charge is 0.389 e. The Bertz CT molecular complexity index is 451. The van der Waals surface area contributed by atoms with Crippen LogP contribution in [0.15, 0.2) is 12.1 Å². The number of hydrogen-bond acceptors (Lipinski definition) is 3. The summed E-state index contributed by atoms with van der Waals surface area (Å²) < 4.78 is 0. The van der Waals surface area contributed by atoms with Gasteiger partial charge in [-0.1, -0.05) is 37.9 Å². The highest BCUT2D eigenvalue weighted by atomic mass is 32.1. The fourth-order valence-corrected chi connectivity index (χ4v) is 2.98. The van der Waals surface area contributed by atoms with Crippen molar-refractivity contribution in [3.8, 4) is 0 Å². The van der Waals surface area contributed by atoms with Gasteiger partial charge in [0.15, 0.2) is 0 Å². The fraction of sp³-hybridized carbons (Fsp3) is 0.600. The van der Waals surface area contributed by atoms with Crippen LogP contribution in [0.3, 0.4) is 0 Å². The van der Waals surface area contributed by atoms with E-state index in [4.69, 9.17) is 18.0 Å². The van der Waals surface area contributed by atoms with Crippen molar-refractivity contribution in [3.63, 3.8) is 0 Å². The zero-order valence-electron chi connectivity index (χ0n) is 11.9. The lowest BCUT2D eigenvalue weighted by Crippen LogP contribution is -2.33. The number of pyridine rings is 1. The summed E-state index contributed by atoms with van der Waals surface area (Å²) in [6, 6.07) is 4.52. The van der Waals surface area contributed by atoms with E-state index in [1.165, 1.54) is 38.5 Å². The van der Waals surface area contributed by atoms with Gasteiger partial charge in [0.05, 0.1) is 5.56 Å². The number of hydrogen-bond donors (Lipinski definition) is 1. The summed E-state index contributed by atoms with van der Waals surface area (Å²) in [5, 5.41) is 0. The monoisotopic (exact) mass is 277 g/mol. The topological polar surface area (TPSA) is 42.1 Å². The van der Waals surface area contributed by atoms with Crippen LogP contribution >= 0.6 is 12.2 Å². The van der Waals surface area contributed by atoms with Crippen LogP contribution < -0.4 is 10.6 Å². The number of thiocarbonyl (C=S) groups is 1. The first-order valence-corrected chi connectivity index (χ1v) is 7.50. The first-order valence-electron chi connectivity index (χ1n) is 7.10. The number of aromatic nitrogens is 1. The normalized spacial score (nSPS) is 16.9. The van der Waals surface area contributed by atoms with Gasteiger partial charge in [-0.05, 0) is 31.9 Å². The van der Waals surface area contributed by atoms with E-state index in [0.717, 1.165) is 17.1 Å². The Morgan fingerprint density at radius 3 is 2.47 bits per heavy atom. The van der Waals surface area contributed by atoms with Crippen molar-refractivity contribution >= 4 is 23.0 Å². The lowest BCUT2D eigenvalue weighted by Gasteiger charge is -2.30. The molecule has 19 heavy (non-hydrogen) atoms. The molecule has 3 nitrogen and oxygen atoms in total. The predicted molar refractivity (Wildman–Crippen MR) is 84.8 cm³/mol. The maximum Gasteiger partial charge on any atom is 0.139 e. The third kappa shape index (κ3) is 3.44. The quantitative estimate of drug-likeness (QED) is 0.680. The molecule has 0 amide bonds. The Balaban J connectivity index is 2.28. The van der Waals surface area contributed by atoms with Gasteiger partial charge >= 0.3 is 0 Å². The van der Waals surface area contributed by atoms with Gasteiger partial charge in [0.1, 0.15) is 10.8 Å². The van der Waals surface area contributed by atoms with Crippen LogP contribution in [0.5, 0.6) is 0 Å². The zero-order valence-corrected chi connectivity index (χ0v) is 12.7. The zero-order chi connectivity index (χ0) is 13.8. The molecule has 0 atom stereocenters. The average Bonchev–Trinajstić information content (AvgIpc) is 2.66. The van der Waals surface area contributed by atoms with E-state index < -0.39 is 0 Å². The van der Waals surface area contributed by atoms with E-state index >= 15 is 0 Å². The smallest absolute Gasteiger partial charge is 0.139 e. The van der Waals surface area contributed by atoms with Crippen molar-refractivity contribution in [2.24, 2.45) is 5.73 Å². The number of anilines is 1. The van der Waals surface area contributed by atoms with Gasteiger partial charge < -0.3 is 10.6 Å². The van der Waals surface area contributed by atoms with Crippen molar-refractivity contribution in [3.05, 3.63) is 23.4 Å². The Labute approximate surface area is 121 Å². The average molecular weight is 277 g/mol. The molecule has 1 aliphatic rings. The molecule has 0 aromatic carbocycles. The molecule has 1 aromatic rings. The maximum atomic E-state index is 5.83. The highest BCUT2D eigenvalue weighted by Crippen LogP contribution is 2.26. The molecular formula is C15H23N3S. The van der Waals surface area contributed by atoms with Crippen molar-refractivity contribution in [2.75, 3.05) is 11.9 Å². The minimum absolute atomic E-state index is 0.433. The van der Waals surface area contributed by atoms with E-state index in [9.17, 15) is 0 Å². The van der Waals surface area contributed by atoms with Crippen LogP contribution in [0.25, 0.3) is 0 Å². The molecule has 0 bridgehead atoms. The predicted octanol–water partition coefficient (Wildman–Crippen LogP) is 3.18. The Kier molecular flexibility index (Phi) is 4.75. The molecule has 1 aromatic heterocycles. The molecule has 0 unspecified atom stereocenters. The molecule has 1 saturated carbocycles. The van der Waals surface area contributed by atoms with E-state index in [1.807, 2.05) is 19.1 Å². The van der Waals surface area contributed by atoms with Crippen LogP contribution in [0.4, 0.5) is 5.82 Å². The van der Waals surface area contributed by atoms with Gasteiger partial charge in [0.2, 0.25) is 0 Å². The summed E-state index contributed by atoms with van der Waals surface area (Å²) in [6.45, 7) is 2.01. The van der Waals surface area contributed by atoms with E-state index in [0.29, 0.717) is 11.0 Å². The molecule has 0 spiro atoms. The maximum absolute atomic E-state index is 5.83. The summed E-state index contributed by atoms with van der Waals surface area (Å²) in [5.41, 5.74) is 7.73. The molecule has 0 radical (unpaired) electrons. The third-order valence-corrected chi connectivity index (χ3v) is 4.21. The second-order valence-electron chi connectivity index (χ2n) is 5.44. The van der Waals surface area contributed by atoms with Crippen molar-refractivity contribution in [1.29, 1.82) is 0 Å². The van der Waals surface area contributed by atoms with Crippen LogP contribution in [0, 0.1) is 6.92 Å². The number of nitrogens with zero attached hydrogens (tertiary/aromatic N) is 2. The SMILES string of the molecule is Cc1ccc(C(N)=S)c(N(C)C2CCCCCC2)n1. The molecular weight excluding hydrogens is 254 g/mol. The summed E-state index contributed by atoms with van der Waals surface area (Å²) in [6.07, 6.45) is 7.81. The minimum atomic E-state index is 0.433. The first kappa shape index (κ1) is 14.3. The van der Waals surface area contributed by atoms with Crippen LogP contribution in [0.2, 0.25) is 0 Å². The Hall–Kier alpha value is -1.16.